The van der Waals surface area contributed by atoms with Crippen molar-refractivity contribution in [3.8, 4) is 0 Å². The van der Waals surface area contributed by atoms with E-state index in [4.69, 9.17) is 11.6 Å². The smallest absolute Gasteiger partial charge is 0.219 e. The van der Waals surface area contributed by atoms with Crippen LogP contribution >= 0.6 is 11.6 Å². The Balaban J connectivity index is 2.32. The summed E-state index contributed by atoms with van der Waals surface area (Å²) in [4.78, 5) is 17.7. The van der Waals surface area contributed by atoms with Gasteiger partial charge in [-0.1, -0.05) is 11.6 Å². The van der Waals surface area contributed by atoms with Gasteiger partial charge in [0.1, 0.15) is 5.15 Å². The lowest BCUT2D eigenvalue weighted by Gasteiger charge is -2.36. The molecule has 1 aliphatic heterocycles. The summed E-state index contributed by atoms with van der Waals surface area (Å²) >= 11 is 5.86. The summed E-state index contributed by atoms with van der Waals surface area (Å²) in [6.45, 7) is 4.51. The highest BCUT2D eigenvalue weighted by Gasteiger charge is 2.27. The molecule has 17 heavy (non-hydrogen) atoms. The molecule has 1 aromatic heterocycles. The molecular weight excluding hydrogens is 236 g/mol. The molecule has 1 amide bonds. The van der Waals surface area contributed by atoms with E-state index in [9.17, 15) is 4.79 Å². The Morgan fingerprint density at radius 1 is 1.53 bits per heavy atom. The van der Waals surface area contributed by atoms with E-state index in [0.717, 1.165) is 36.9 Å². The van der Waals surface area contributed by atoms with Crippen LogP contribution in [0.5, 0.6) is 0 Å². The molecule has 1 aromatic rings. The Labute approximate surface area is 107 Å². The number of carbonyl (C=O) groups is 1. The number of amides is 1. The highest BCUT2D eigenvalue weighted by atomic mass is 35.5. The van der Waals surface area contributed by atoms with Gasteiger partial charge in [-0.15, -0.1) is 0 Å². The molecule has 0 bridgehead atoms. The third-order valence-corrected chi connectivity index (χ3v) is 3.59. The standard InChI is InChI=1S/C13H17ClN2O/c1-9-7-13(14)15-8-11(9)12-5-3-4-6-16(12)10(2)17/h7-8,12H,3-6H2,1-2H3/t12-/m0/s1. The third kappa shape index (κ3) is 2.60. The molecule has 0 spiro atoms. The van der Waals surface area contributed by atoms with E-state index < -0.39 is 0 Å². The predicted octanol–water partition coefficient (Wildman–Crippen LogP) is 3.12. The minimum Gasteiger partial charge on any atom is -0.336 e. The Morgan fingerprint density at radius 2 is 2.29 bits per heavy atom. The van der Waals surface area contributed by atoms with Gasteiger partial charge in [0.05, 0.1) is 6.04 Å². The van der Waals surface area contributed by atoms with Crippen molar-refractivity contribution in [3.05, 3.63) is 28.5 Å². The average molecular weight is 253 g/mol. The van der Waals surface area contributed by atoms with Crippen LogP contribution in [0.1, 0.15) is 43.4 Å². The first-order valence-corrected chi connectivity index (χ1v) is 6.36. The van der Waals surface area contributed by atoms with Gasteiger partial charge in [0, 0.05) is 19.7 Å². The van der Waals surface area contributed by atoms with Crippen LogP contribution in [0.3, 0.4) is 0 Å². The average Bonchev–Trinajstić information content (AvgIpc) is 2.29. The molecular formula is C13H17ClN2O. The van der Waals surface area contributed by atoms with Crippen LogP contribution < -0.4 is 0 Å². The summed E-state index contributed by atoms with van der Waals surface area (Å²) in [7, 11) is 0. The summed E-state index contributed by atoms with van der Waals surface area (Å²) in [5.41, 5.74) is 2.24. The van der Waals surface area contributed by atoms with Gasteiger partial charge in [0.25, 0.3) is 0 Å². The third-order valence-electron chi connectivity index (χ3n) is 3.38. The second-order valence-corrected chi connectivity index (χ2v) is 4.97. The summed E-state index contributed by atoms with van der Waals surface area (Å²) in [5.74, 6) is 0.143. The second kappa shape index (κ2) is 5.05. The van der Waals surface area contributed by atoms with Crippen molar-refractivity contribution in [2.24, 2.45) is 0 Å². The maximum Gasteiger partial charge on any atom is 0.219 e. The van der Waals surface area contributed by atoms with Crippen molar-refractivity contribution in [3.63, 3.8) is 0 Å². The summed E-state index contributed by atoms with van der Waals surface area (Å²) in [6.07, 6.45) is 5.08. The monoisotopic (exact) mass is 252 g/mol. The van der Waals surface area contributed by atoms with Gasteiger partial charge < -0.3 is 4.90 Å². The number of aromatic nitrogens is 1. The molecule has 0 aromatic carbocycles. The largest absolute Gasteiger partial charge is 0.336 e. The first kappa shape index (κ1) is 12.4. The first-order valence-electron chi connectivity index (χ1n) is 5.99. The quantitative estimate of drug-likeness (QED) is 0.720. The zero-order chi connectivity index (χ0) is 12.4. The van der Waals surface area contributed by atoms with Gasteiger partial charge >= 0.3 is 0 Å². The fraction of sp³-hybridized carbons (Fsp3) is 0.538. The molecule has 4 heteroatoms. The number of piperidine rings is 1. The molecule has 0 radical (unpaired) electrons. The molecule has 0 N–H and O–H groups in total. The van der Waals surface area contributed by atoms with Gasteiger partial charge in [-0.05, 0) is 43.4 Å². The molecule has 92 valence electrons. The number of pyridine rings is 1. The molecule has 1 saturated heterocycles. The van der Waals surface area contributed by atoms with Gasteiger partial charge in [-0.2, -0.15) is 0 Å². The number of halogens is 1. The molecule has 0 aliphatic carbocycles. The summed E-state index contributed by atoms with van der Waals surface area (Å²) in [5, 5.41) is 0.511. The van der Waals surface area contributed by atoms with Crippen molar-refractivity contribution in [2.45, 2.75) is 39.2 Å². The molecule has 1 aliphatic rings. The van der Waals surface area contributed by atoms with Crippen LogP contribution in [0.15, 0.2) is 12.3 Å². The maximum atomic E-state index is 11.6. The Morgan fingerprint density at radius 3 is 2.94 bits per heavy atom. The van der Waals surface area contributed by atoms with E-state index in [2.05, 4.69) is 4.98 Å². The maximum absolute atomic E-state index is 11.6. The van der Waals surface area contributed by atoms with Gasteiger partial charge in [-0.3, -0.25) is 4.79 Å². The van der Waals surface area contributed by atoms with E-state index in [1.807, 2.05) is 24.1 Å². The highest BCUT2D eigenvalue weighted by Crippen LogP contribution is 2.32. The lowest BCUT2D eigenvalue weighted by molar-refractivity contribution is -0.132. The minimum atomic E-state index is 0.143. The molecule has 2 rings (SSSR count). The van der Waals surface area contributed by atoms with E-state index >= 15 is 0 Å². The normalized spacial score (nSPS) is 20.4. The number of hydrogen-bond donors (Lipinski definition) is 0. The van der Waals surface area contributed by atoms with Gasteiger partial charge in [0.15, 0.2) is 0 Å². The zero-order valence-corrected chi connectivity index (χ0v) is 11.0. The molecule has 1 atom stereocenters. The number of rotatable bonds is 1. The SMILES string of the molecule is CC(=O)N1CCCC[C@H]1c1cnc(Cl)cc1C. The molecule has 3 nitrogen and oxygen atoms in total. The van der Waals surface area contributed by atoms with Crippen LogP contribution in [0.2, 0.25) is 5.15 Å². The molecule has 1 fully saturated rings. The summed E-state index contributed by atoms with van der Waals surface area (Å²) in [6, 6.07) is 2.04. The lowest BCUT2D eigenvalue weighted by Crippen LogP contribution is -2.37. The van der Waals surface area contributed by atoms with Crippen molar-refractivity contribution in [2.75, 3.05) is 6.54 Å². The van der Waals surface area contributed by atoms with E-state index in [1.165, 1.54) is 0 Å². The van der Waals surface area contributed by atoms with Crippen molar-refractivity contribution in [1.29, 1.82) is 0 Å². The van der Waals surface area contributed by atoms with E-state index in [-0.39, 0.29) is 11.9 Å². The molecule has 0 saturated carbocycles. The van der Waals surface area contributed by atoms with Crippen LogP contribution in [0, 0.1) is 6.92 Å². The predicted molar refractivity (Wildman–Crippen MR) is 68.0 cm³/mol. The van der Waals surface area contributed by atoms with Crippen molar-refractivity contribution >= 4 is 17.5 Å². The second-order valence-electron chi connectivity index (χ2n) is 4.59. The van der Waals surface area contributed by atoms with E-state index in [1.54, 1.807) is 6.92 Å². The van der Waals surface area contributed by atoms with Crippen LogP contribution in [-0.4, -0.2) is 22.3 Å². The Hall–Kier alpha value is -1.09. The minimum absolute atomic E-state index is 0.143. The first-order chi connectivity index (χ1) is 8.09. The van der Waals surface area contributed by atoms with Gasteiger partial charge in [0.2, 0.25) is 5.91 Å². The molecule has 0 unspecified atom stereocenters. The lowest BCUT2D eigenvalue weighted by atomic mass is 9.93. The molecule has 2 heterocycles. The number of carbonyl (C=O) groups excluding carboxylic acids is 1. The van der Waals surface area contributed by atoms with Crippen LogP contribution in [0.4, 0.5) is 0 Å². The fourth-order valence-electron chi connectivity index (χ4n) is 2.51. The number of likely N-dealkylation sites (tertiary alicyclic amines) is 1. The van der Waals surface area contributed by atoms with E-state index in [0.29, 0.717) is 5.15 Å². The highest BCUT2D eigenvalue weighted by molar-refractivity contribution is 6.29. The Bertz CT molecular complexity index is 433. The van der Waals surface area contributed by atoms with Crippen molar-refractivity contribution in [1.82, 2.24) is 9.88 Å². The van der Waals surface area contributed by atoms with Crippen LogP contribution in [-0.2, 0) is 4.79 Å². The van der Waals surface area contributed by atoms with Gasteiger partial charge in [-0.25, -0.2) is 4.98 Å². The summed E-state index contributed by atoms with van der Waals surface area (Å²) < 4.78 is 0. The zero-order valence-electron chi connectivity index (χ0n) is 10.2. The number of hydrogen-bond acceptors (Lipinski definition) is 2. The van der Waals surface area contributed by atoms with Crippen LogP contribution in [0.25, 0.3) is 0 Å². The fourth-order valence-corrected chi connectivity index (χ4v) is 2.73. The van der Waals surface area contributed by atoms with Crippen molar-refractivity contribution < 1.29 is 4.79 Å². The number of nitrogens with zero attached hydrogens (tertiary/aromatic N) is 2. The number of aryl methyl sites for hydroxylation is 1. The Kier molecular flexibility index (Phi) is 3.67. The topological polar surface area (TPSA) is 33.2 Å².